The van der Waals surface area contributed by atoms with Crippen molar-refractivity contribution >= 4 is 66.7 Å². The van der Waals surface area contributed by atoms with Gasteiger partial charge < -0.3 is 0 Å². The fourth-order valence-electron chi connectivity index (χ4n) is 0.352. The highest BCUT2D eigenvalue weighted by molar-refractivity contribution is 9.25. The van der Waals surface area contributed by atoms with Gasteiger partial charge in [0.05, 0.1) is 0 Å². The van der Waals surface area contributed by atoms with Crippen molar-refractivity contribution in [1.29, 1.82) is 0 Å². The SMILES string of the molecule is FC(F)(F)C(Br)(Br)CC(Cl)(Cl)Cl. The molecule has 8 heteroatoms. The van der Waals surface area contributed by atoms with Crippen molar-refractivity contribution in [3.63, 3.8) is 0 Å². The summed E-state index contributed by atoms with van der Waals surface area (Å²) in [5.74, 6) is 0. The summed E-state index contributed by atoms with van der Waals surface area (Å²) in [4.78, 5) is 0. The molecule has 0 amide bonds. The quantitative estimate of drug-likeness (QED) is 0.580. The van der Waals surface area contributed by atoms with Gasteiger partial charge in [-0.15, -0.1) is 0 Å². The Kier molecular flexibility index (Phi) is 4.55. The van der Waals surface area contributed by atoms with E-state index in [2.05, 4.69) is 31.9 Å². The van der Waals surface area contributed by atoms with Crippen molar-refractivity contribution < 1.29 is 13.2 Å². The molecule has 0 aliphatic heterocycles. The topological polar surface area (TPSA) is 0 Å². The van der Waals surface area contributed by atoms with Crippen LogP contribution in [0.25, 0.3) is 0 Å². The van der Waals surface area contributed by atoms with Crippen LogP contribution in [0, 0.1) is 0 Å². The minimum absolute atomic E-state index is 0.714. The van der Waals surface area contributed by atoms with Crippen LogP contribution in [0.1, 0.15) is 6.42 Å². The number of hydrogen-bond donors (Lipinski definition) is 0. The number of halogens is 8. The molecule has 0 heterocycles. The molecule has 74 valence electrons. The molecule has 0 saturated heterocycles. The minimum Gasteiger partial charge on any atom is -0.168 e. The Hall–Kier alpha value is 1.62. The second-order valence-electron chi connectivity index (χ2n) is 1.99. The van der Waals surface area contributed by atoms with Crippen LogP contribution in [0.3, 0.4) is 0 Å². The maximum absolute atomic E-state index is 12.1. The van der Waals surface area contributed by atoms with Crippen LogP contribution in [-0.2, 0) is 0 Å². The average Bonchev–Trinajstić information content (AvgIpc) is 1.52. The fourth-order valence-corrected chi connectivity index (χ4v) is 2.76. The lowest BCUT2D eigenvalue weighted by molar-refractivity contribution is -0.134. The summed E-state index contributed by atoms with van der Waals surface area (Å²) in [5.41, 5.74) is 0. The zero-order valence-corrected chi connectivity index (χ0v) is 10.7. The number of alkyl halides is 8. The van der Waals surface area contributed by atoms with E-state index in [1.165, 1.54) is 0 Å². The Morgan fingerprint density at radius 3 is 1.42 bits per heavy atom. The lowest BCUT2D eigenvalue weighted by Gasteiger charge is -2.26. The van der Waals surface area contributed by atoms with Crippen LogP contribution in [0.5, 0.6) is 0 Å². The molecule has 0 bridgehead atoms. The van der Waals surface area contributed by atoms with Crippen molar-refractivity contribution in [2.75, 3.05) is 0 Å². The normalized spacial score (nSPS) is 15.0. The average molecular weight is 373 g/mol. The number of rotatable bonds is 1. The zero-order valence-electron chi connectivity index (χ0n) is 5.23. The van der Waals surface area contributed by atoms with E-state index >= 15 is 0 Å². The van der Waals surface area contributed by atoms with E-state index in [0.717, 1.165) is 0 Å². The first-order valence-corrected chi connectivity index (χ1v) is 5.19. The molecule has 0 saturated carbocycles. The zero-order chi connectivity index (χ0) is 10.2. The molecule has 0 spiro atoms. The second-order valence-corrected chi connectivity index (χ2v) is 8.28. The van der Waals surface area contributed by atoms with Crippen molar-refractivity contribution in [3.05, 3.63) is 0 Å². The highest BCUT2D eigenvalue weighted by Crippen LogP contribution is 2.51. The van der Waals surface area contributed by atoms with Crippen LogP contribution in [0.15, 0.2) is 0 Å². The molecule has 0 N–H and O–H groups in total. The first kappa shape index (κ1) is 13.6. The molecule has 0 radical (unpaired) electrons. The third-order valence-electron chi connectivity index (χ3n) is 0.837. The predicted molar refractivity (Wildman–Crippen MR) is 51.5 cm³/mol. The molecule has 0 aliphatic rings. The van der Waals surface area contributed by atoms with Crippen LogP contribution in [0.4, 0.5) is 13.2 Å². The van der Waals surface area contributed by atoms with Gasteiger partial charge >= 0.3 is 6.18 Å². The minimum atomic E-state index is -4.52. The van der Waals surface area contributed by atoms with Gasteiger partial charge in [0.15, 0.2) is 7.03 Å². The van der Waals surface area contributed by atoms with Crippen LogP contribution in [-0.4, -0.2) is 13.2 Å². The summed E-state index contributed by atoms with van der Waals surface area (Å²) in [6.07, 6.45) is -5.23. The Morgan fingerprint density at radius 2 is 1.33 bits per heavy atom. The fraction of sp³-hybridized carbons (Fsp3) is 1.00. The summed E-state index contributed by atoms with van der Waals surface area (Å²) < 4.78 is 32.0. The van der Waals surface area contributed by atoms with Gasteiger partial charge in [0.1, 0.15) is 0 Å². The molecule has 0 fully saturated rings. The monoisotopic (exact) mass is 370 g/mol. The molecule has 12 heavy (non-hydrogen) atoms. The molecular formula is C4H2Br2Cl3F3. The van der Waals surface area contributed by atoms with Gasteiger partial charge in [-0.2, -0.15) is 13.2 Å². The summed E-state index contributed by atoms with van der Waals surface area (Å²) in [7, 11) is 0. The van der Waals surface area contributed by atoms with E-state index in [0.29, 0.717) is 0 Å². The lowest BCUT2D eigenvalue weighted by atomic mass is 10.3. The Labute approximate surface area is 99.0 Å². The van der Waals surface area contributed by atoms with Crippen LogP contribution >= 0.6 is 66.7 Å². The van der Waals surface area contributed by atoms with Gasteiger partial charge in [-0.25, -0.2) is 0 Å². The molecule has 0 atom stereocenters. The lowest BCUT2D eigenvalue weighted by Crippen LogP contribution is -2.36. The van der Waals surface area contributed by atoms with Gasteiger partial charge in [0.2, 0.25) is 0 Å². The highest BCUT2D eigenvalue weighted by Gasteiger charge is 2.54. The first-order chi connectivity index (χ1) is 4.96. The Morgan fingerprint density at radius 1 is 1.00 bits per heavy atom. The van der Waals surface area contributed by atoms with Crippen molar-refractivity contribution in [2.24, 2.45) is 0 Å². The van der Waals surface area contributed by atoms with Gasteiger partial charge in [-0.1, -0.05) is 66.7 Å². The Balaban J connectivity index is 4.44. The van der Waals surface area contributed by atoms with E-state index in [9.17, 15) is 13.2 Å². The van der Waals surface area contributed by atoms with Gasteiger partial charge in [-0.3, -0.25) is 0 Å². The van der Waals surface area contributed by atoms with Crippen molar-refractivity contribution in [3.8, 4) is 0 Å². The van der Waals surface area contributed by atoms with E-state index < -0.39 is 19.6 Å². The summed E-state index contributed by atoms with van der Waals surface area (Å²) in [5, 5.41) is 0. The summed E-state index contributed by atoms with van der Waals surface area (Å²) in [6.45, 7) is 0. The first-order valence-electron chi connectivity index (χ1n) is 2.47. The van der Waals surface area contributed by atoms with Crippen LogP contribution < -0.4 is 0 Å². The van der Waals surface area contributed by atoms with E-state index in [1.54, 1.807) is 0 Å². The third kappa shape index (κ3) is 4.74. The molecule has 0 rings (SSSR count). The van der Waals surface area contributed by atoms with Gasteiger partial charge in [0.25, 0.3) is 0 Å². The largest absolute Gasteiger partial charge is 0.413 e. The molecule has 0 aromatic heterocycles. The predicted octanol–water partition coefficient (Wildman–Crippen LogP) is 4.80. The van der Waals surface area contributed by atoms with Crippen molar-refractivity contribution in [2.45, 2.75) is 19.6 Å². The Bertz CT molecular complexity index is 162. The molecule has 0 nitrogen and oxygen atoms in total. The van der Waals surface area contributed by atoms with E-state index in [1.807, 2.05) is 0 Å². The molecule has 0 aromatic rings. The van der Waals surface area contributed by atoms with Crippen LogP contribution in [0.2, 0.25) is 0 Å². The smallest absolute Gasteiger partial charge is 0.168 e. The number of hydrogen-bond acceptors (Lipinski definition) is 0. The molecule has 0 aliphatic carbocycles. The summed E-state index contributed by atoms with van der Waals surface area (Å²) >= 11 is 20.3. The maximum atomic E-state index is 12.1. The van der Waals surface area contributed by atoms with Gasteiger partial charge in [-0.05, 0) is 0 Å². The van der Waals surface area contributed by atoms with E-state index in [-0.39, 0.29) is 0 Å². The molecule has 0 aromatic carbocycles. The maximum Gasteiger partial charge on any atom is 0.413 e. The van der Waals surface area contributed by atoms with Crippen molar-refractivity contribution in [1.82, 2.24) is 0 Å². The second kappa shape index (κ2) is 4.01. The molecular weight excluding hydrogens is 371 g/mol. The standard InChI is InChI=1S/C4H2Br2Cl3F3/c5-2(6,4(10,11)12)1-3(7,8)9/h1H2. The molecule has 0 unspecified atom stereocenters. The summed E-state index contributed by atoms with van der Waals surface area (Å²) in [6, 6.07) is 0. The van der Waals surface area contributed by atoms with Gasteiger partial charge in [0, 0.05) is 6.42 Å². The third-order valence-corrected chi connectivity index (χ3v) is 2.70. The van der Waals surface area contributed by atoms with E-state index in [4.69, 9.17) is 34.8 Å². The highest BCUT2D eigenvalue weighted by atomic mass is 79.9.